The second kappa shape index (κ2) is 6.12. The Labute approximate surface area is 98.9 Å². The summed E-state index contributed by atoms with van der Waals surface area (Å²) < 4.78 is 0. The summed E-state index contributed by atoms with van der Waals surface area (Å²) in [6.45, 7) is 0. The van der Waals surface area contributed by atoms with E-state index in [0.717, 1.165) is 0 Å². The monoisotopic (exact) mass is 223 g/mol. The number of hydrogen-bond donors (Lipinski definition) is 2. The summed E-state index contributed by atoms with van der Waals surface area (Å²) in [5.74, 6) is 0.693. The minimum atomic E-state index is 0.498. The molecule has 3 heteroatoms. The van der Waals surface area contributed by atoms with Gasteiger partial charge in [-0.15, -0.1) is 0 Å². The number of nitrogens with one attached hydrogen (secondary N) is 1. The predicted octanol–water partition coefficient (Wildman–Crippen LogP) is 2.56. The van der Waals surface area contributed by atoms with Crippen molar-refractivity contribution in [3.8, 4) is 0 Å². The van der Waals surface area contributed by atoms with Crippen molar-refractivity contribution >= 4 is 5.96 Å². The van der Waals surface area contributed by atoms with Crippen LogP contribution in [-0.4, -0.2) is 18.0 Å². The van der Waals surface area contributed by atoms with Crippen LogP contribution < -0.4 is 11.1 Å². The summed E-state index contributed by atoms with van der Waals surface area (Å²) in [5.41, 5.74) is 5.97. The van der Waals surface area contributed by atoms with Crippen molar-refractivity contribution in [2.75, 3.05) is 0 Å². The van der Waals surface area contributed by atoms with Crippen LogP contribution >= 0.6 is 0 Å². The second-order valence-corrected chi connectivity index (χ2v) is 5.29. The molecule has 0 aromatic heterocycles. The van der Waals surface area contributed by atoms with Gasteiger partial charge in [0.2, 0.25) is 0 Å². The summed E-state index contributed by atoms with van der Waals surface area (Å²) in [6, 6.07) is 1.07. The van der Waals surface area contributed by atoms with E-state index in [9.17, 15) is 0 Å². The summed E-state index contributed by atoms with van der Waals surface area (Å²) in [5, 5.41) is 3.41. The Morgan fingerprint density at radius 2 is 1.44 bits per heavy atom. The minimum Gasteiger partial charge on any atom is -0.370 e. The molecule has 2 fully saturated rings. The molecule has 0 heterocycles. The van der Waals surface area contributed by atoms with E-state index < -0.39 is 0 Å². The highest BCUT2D eigenvalue weighted by molar-refractivity contribution is 5.78. The van der Waals surface area contributed by atoms with E-state index in [4.69, 9.17) is 5.73 Å². The predicted molar refractivity (Wildman–Crippen MR) is 68.5 cm³/mol. The van der Waals surface area contributed by atoms with Gasteiger partial charge in [-0.1, -0.05) is 38.5 Å². The van der Waals surface area contributed by atoms with Crippen LogP contribution in [0.25, 0.3) is 0 Å². The molecule has 0 spiro atoms. The Morgan fingerprint density at radius 3 is 2.06 bits per heavy atom. The first-order valence-corrected chi connectivity index (χ1v) is 6.94. The second-order valence-electron chi connectivity index (χ2n) is 5.29. The van der Waals surface area contributed by atoms with Crippen molar-refractivity contribution in [1.29, 1.82) is 0 Å². The van der Waals surface area contributed by atoms with Gasteiger partial charge in [0, 0.05) is 6.04 Å². The quantitative estimate of drug-likeness (QED) is 0.429. The number of aliphatic imine (C=N–C) groups is 1. The van der Waals surface area contributed by atoms with Gasteiger partial charge in [0.05, 0.1) is 6.04 Å². The Hall–Kier alpha value is -0.730. The van der Waals surface area contributed by atoms with E-state index in [1.165, 1.54) is 64.2 Å². The fourth-order valence-electron chi connectivity index (χ4n) is 2.90. The van der Waals surface area contributed by atoms with E-state index in [1.54, 1.807) is 0 Å². The van der Waals surface area contributed by atoms with Crippen LogP contribution in [-0.2, 0) is 0 Å². The maximum absolute atomic E-state index is 5.97. The normalized spacial score (nSPS) is 25.6. The summed E-state index contributed by atoms with van der Waals surface area (Å²) in [7, 11) is 0. The fraction of sp³-hybridized carbons (Fsp3) is 0.923. The summed E-state index contributed by atoms with van der Waals surface area (Å²) in [6.07, 6.45) is 13.1. The molecular weight excluding hydrogens is 198 g/mol. The van der Waals surface area contributed by atoms with Crippen LogP contribution in [0.15, 0.2) is 4.99 Å². The topological polar surface area (TPSA) is 50.4 Å². The van der Waals surface area contributed by atoms with Crippen molar-refractivity contribution < 1.29 is 0 Å². The molecule has 16 heavy (non-hydrogen) atoms. The Bertz CT molecular complexity index is 223. The maximum atomic E-state index is 5.97. The first kappa shape index (κ1) is 11.7. The first-order valence-electron chi connectivity index (χ1n) is 6.94. The zero-order valence-corrected chi connectivity index (χ0v) is 10.3. The molecule has 3 nitrogen and oxygen atoms in total. The van der Waals surface area contributed by atoms with Gasteiger partial charge in [0.1, 0.15) is 0 Å². The molecule has 0 amide bonds. The lowest BCUT2D eigenvalue weighted by Crippen LogP contribution is -2.40. The molecular formula is C13H25N3. The summed E-state index contributed by atoms with van der Waals surface area (Å²) in [4.78, 5) is 4.58. The average molecular weight is 223 g/mol. The summed E-state index contributed by atoms with van der Waals surface area (Å²) >= 11 is 0. The molecule has 0 aromatic carbocycles. The number of nitrogens with zero attached hydrogens (tertiary/aromatic N) is 1. The standard InChI is InChI=1S/C13H25N3/c14-13(16-12-9-5-6-10-12)15-11-7-3-1-2-4-8-11/h11-12H,1-10H2,(H3,14,15,16). The van der Waals surface area contributed by atoms with Gasteiger partial charge in [-0.2, -0.15) is 0 Å². The minimum absolute atomic E-state index is 0.498. The van der Waals surface area contributed by atoms with E-state index in [-0.39, 0.29) is 0 Å². The number of guanidine groups is 1. The largest absolute Gasteiger partial charge is 0.370 e. The van der Waals surface area contributed by atoms with Crippen LogP contribution in [0.2, 0.25) is 0 Å². The van der Waals surface area contributed by atoms with Crippen LogP contribution in [0.1, 0.15) is 64.2 Å². The van der Waals surface area contributed by atoms with Gasteiger partial charge in [-0.25, -0.2) is 0 Å². The lowest BCUT2D eigenvalue weighted by Gasteiger charge is -2.17. The number of rotatable bonds is 2. The molecule has 0 radical (unpaired) electrons. The first-order chi connectivity index (χ1) is 7.84. The third-order valence-electron chi connectivity index (χ3n) is 3.85. The van der Waals surface area contributed by atoms with Gasteiger partial charge in [0.15, 0.2) is 5.96 Å². The smallest absolute Gasteiger partial charge is 0.189 e. The van der Waals surface area contributed by atoms with Crippen LogP contribution in [0.3, 0.4) is 0 Å². The maximum Gasteiger partial charge on any atom is 0.189 e. The fourth-order valence-corrected chi connectivity index (χ4v) is 2.90. The van der Waals surface area contributed by atoms with Crippen LogP contribution in [0, 0.1) is 0 Å². The average Bonchev–Trinajstić information content (AvgIpc) is 2.62. The van der Waals surface area contributed by atoms with Crippen LogP contribution in [0.4, 0.5) is 0 Å². The molecule has 0 aromatic rings. The van der Waals surface area contributed by atoms with Gasteiger partial charge < -0.3 is 11.1 Å². The van der Waals surface area contributed by atoms with Crippen molar-refractivity contribution in [2.45, 2.75) is 76.3 Å². The van der Waals surface area contributed by atoms with Crippen molar-refractivity contribution in [1.82, 2.24) is 5.32 Å². The third-order valence-corrected chi connectivity index (χ3v) is 3.85. The van der Waals surface area contributed by atoms with E-state index in [0.29, 0.717) is 18.0 Å². The molecule has 0 atom stereocenters. The highest BCUT2D eigenvalue weighted by atomic mass is 15.1. The van der Waals surface area contributed by atoms with Crippen LogP contribution in [0.5, 0.6) is 0 Å². The Morgan fingerprint density at radius 1 is 0.875 bits per heavy atom. The molecule has 92 valence electrons. The lowest BCUT2D eigenvalue weighted by molar-refractivity contribution is 0.527. The van der Waals surface area contributed by atoms with Crippen molar-refractivity contribution in [2.24, 2.45) is 10.7 Å². The van der Waals surface area contributed by atoms with E-state index in [2.05, 4.69) is 10.3 Å². The molecule has 2 rings (SSSR count). The lowest BCUT2D eigenvalue weighted by atomic mass is 10.1. The van der Waals surface area contributed by atoms with Gasteiger partial charge in [0.25, 0.3) is 0 Å². The zero-order valence-electron chi connectivity index (χ0n) is 10.3. The molecule has 0 aliphatic heterocycles. The molecule has 2 saturated carbocycles. The Kier molecular flexibility index (Phi) is 4.49. The number of nitrogens with two attached hydrogens (primary N) is 1. The van der Waals surface area contributed by atoms with E-state index in [1.807, 2.05) is 0 Å². The molecule has 0 unspecified atom stereocenters. The zero-order chi connectivity index (χ0) is 11.2. The van der Waals surface area contributed by atoms with Gasteiger partial charge in [-0.05, 0) is 25.7 Å². The van der Waals surface area contributed by atoms with Crippen molar-refractivity contribution in [3.05, 3.63) is 0 Å². The third kappa shape index (κ3) is 3.69. The highest BCUT2D eigenvalue weighted by Gasteiger charge is 2.16. The van der Waals surface area contributed by atoms with E-state index >= 15 is 0 Å². The number of hydrogen-bond acceptors (Lipinski definition) is 1. The SMILES string of the molecule is NC(=NC1CCCC1)NC1CCCCCC1. The Balaban J connectivity index is 1.77. The molecule has 0 saturated heterocycles. The van der Waals surface area contributed by atoms with Gasteiger partial charge in [-0.3, -0.25) is 4.99 Å². The highest BCUT2D eigenvalue weighted by Crippen LogP contribution is 2.21. The molecule has 0 bridgehead atoms. The molecule has 3 N–H and O–H groups in total. The molecule has 2 aliphatic carbocycles. The van der Waals surface area contributed by atoms with Gasteiger partial charge >= 0.3 is 0 Å². The molecule has 2 aliphatic rings. The van der Waals surface area contributed by atoms with Crippen molar-refractivity contribution in [3.63, 3.8) is 0 Å².